The van der Waals surface area contributed by atoms with Crippen LogP contribution in [-0.2, 0) is 4.74 Å². The van der Waals surface area contributed by atoms with Crippen LogP contribution in [0.15, 0.2) is 12.7 Å². The molecular weight excluding hydrogens is 120 g/mol. The number of epoxide rings is 1. The predicted octanol–water partition coefficient (Wildman–Crippen LogP) is 1.30. The average molecular weight is 130 g/mol. The van der Waals surface area contributed by atoms with E-state index in [0.717, 1.165) is 18.1 Å². The lowest BCUT2D eigenvalue weighted by Crippen LogP contribution is -1.88. The van der Waals surface area contributed by atoms with Gasteiger partial charge in [-0.1, -0.05) is 6.08 Å². The second-order valence-corrected chi connectivity index (χ2v) is 2.86. The number of hydrogen-bond donors (Lipinski definition) is 0. The molecule has 0 spiro atoms. The summed E-state index contributed by atoms with van der Waals surface area (Å²) in [5, 5.41) is 0. The van der Waals surface area contributed by atoms with Gasteiger partial charge in [0.25, 0.3) is 0 Å². The molecular formula is C6H10OS. The fraction of sp³-hybridized carbons (Fsp3) is 0.667. The predicted molar refractivity (Wildman–Crippen MR) is 37.3 cm³/mol. The van der Waals surface area contributed by atoms with Gasteiger partial charge in [-0.3, -0.25) is 0 Å². The Morgan fingerprint density at radius 1 is 1.88 bits per heavy atom. The molecule has 0 aliphatic carbocycles. The third kappa shape index (κ3) is 2.38. The van der Waals surface area contributed by atoms with Crippen LogP contribution in [0.4, 0.5) is 0 Å². The Bertz CT molecular complexity index is 78.6. The molecule has 46 valence electrons. The molecule has 1 heterocycles. The molecule has 1 nitrogen and oxygen atoms in total. The Labute approximate surface area is 54.1 Å². The van der Waals surface area contributed by atoms with Gasteiger partial charge in [0.2, 0.25) is 0 Å². The number of hydrogen-bond acceptors (Lipinski definition) is 2. The van der Waals surface area contributed by atoms with Gasteiger partial charge in [0.1, 0.15) is 0 Å². The average Bonchev–Trinajstić information content (AvgIpc) is 2.51. The third-order valence-corrected chi connectivity index (χ3v) is 2.02. The fourth-order valence-electron chi connectivity index (χ4n) is 0.447. The highest BCUT2D eigenvalue weighted by Crippen LogP contribution is 2.15. The molecule has 0 radical (unpaired) electrons. The quantitative estimate of drug-likeness (QED) is 0.323. The van der Waals surface area contributed by atoms with Crippen molar-refractivity contribution >= 4 is 11.8 Å². The van der Waals surface area contributed by atoms with Gasteiger partial charge in [-0.15, -0.1) is 6.58 Å². The molecule has 1 aliphatic heterocycles. The molecule has 8 heavy (non-hydrogen) atoms. The monoisotopic (exact) mass is 130 g/mol. The largest absolute Gasteiger partial charge is 0.372 e. The van der Waals surface area contributed by atoms with Gasteiger partial charge < -0.3 is 4.74 Å². The van der Waals surface area contributed by atoms with Crippen LogP contribution in [0.25, 0.3) is 0 Å². The first-order valence-corrected chi connectivity index (χ1v) is 3.89. The summed E-state index contributed by atoms with van der Waals surface area (Å²) in [5.74, 6) is 2.20. The van der Waals surface area contributed by atoms with Gasteiger partial charge in [0.05, 0.1) is 12.7 Å². The lowest BCUT2D eigenvalue weighted by Gasteiger charge is -1.88. The van der Waals surface area contributed by atoms with E-state index >= 15 is 0 Å². The van der Waals surface area contributed by atoms with Gasteiger partial charge in [0, 0.05) is 11.5 Å². The molecule has 0 bridgehead atoms. The van der Waals surface area contributed by atoms with Crippen LogP contribution in [0.5, 0.6) is 0 Å². The van der Waals surface area contributed by atoms with E-state index in [1.165, 1.54) is 0 Å². The normalized spacial score (nSPS) is 25.2. The van der Waals surface area contributed by atoms with Crippen molar-refractivity contribution in [3.05, 3.63) is 12.7 Å². The van der Waals surface area contributed by atoms with Crippen molar-refractivity contribution in [2.24, 2.45) is 0 Å². The molecule has 0 aromatic heterocycles. The lowest BCUT2D eigenvalue weighted by molar-refractivity contribution is 0.426. The zero-order chi connectivity index (χ0) is 5.82. The van der Waals surface area contributed by atoms with Crippen LogP contribution in [0, 0.1) is 0 Å². The molecule has 0 aromatic rings. The Kier molecular flexibility index (Phi) is 2.43. The van der Waals surface area contributed by atoms with Crippen LogP contribution < -0.4 is 0 Å². The molecule has 1 rings (SSSR count). The highest BCUT2D eigenvalue weighted by Gasteiger charge is 2.21. The molecule has 1 aliphatic rings. The van der Waals surface area contributed by atoms with E-state index in [9.17, 15) is 0 Å². The van der Waals surface area contributed by atoms with Crippen molar-refractivity contribution in [2.75, 3.05) is 18.1 Å². The van der Waals surface area contributed by atoms with Crippen LogP contribution in [0.3, 0.4) is 0 Å². The van der Waals surface area contributed by atoms with Crippen LogP contribution >= 0.6 is 11.8 Å². The van der Waals surface area contributed by atoms with Gasteiger partial charge in [-0.25, -0.2) is 0 Å². The fourth-order valence-corrected chi connectivity index (χ4v) is 1.21. The second-order valence-electron chi connectivity index (χ2n) is 1.78. The minimum Gasteiger partial charge on any atom is -0.372 e. The van der Waals surface area contributed by atoms with Gasteiger partial charge >= 0.3 is 0 Å². The summed E-state index contributed by atoms with van der Waals surface area (Å²) < 4.78 is 5.00. The van der Waals surface area contributed by atoms with Gasteiger partial charge in [0.15, 0.2) is 0 Å². The summed E-state index contributed by atoms with van der Waals surface area (Å²) in [4.78, 5) is 0. The third-order valence-electron chi connectivity index (χ3n) is 0.942. The number of rotatable bonds is 4. The molecule has 0 saturated carbocycles. The molecule has 0 aromatic carbocycles. The first-order chi connectivity index (χ1) is 3.93. The summed E-state index contributed by atoms with van der Waals surface area (Å²) in [7, 11) is 0. The molecule has 1 atom stereocenters. The summed E-state index contributed by atoms with van der Waals surface area (Å²) >= 11 is 1.88. The molecule has 0 N–H and O–H groups in total. The summed E-state index contributed by atoms with van der Waals surface area (Å²) in [6.07, 6.45) is 2.49. The highest BCUT2D eigenvalue weighted by molar-refractivity contribution is 7.99. The van der Waals surface area contributed by atoms with Crippen LogP contribution in [0.1, 0.15) is 0 Å². The lowest BCUT2D eigenvalue weighted by atomic mass is 10.6. The first kappa shape index (κ1) is 6.17. The summed E-state index contributed by atoms with van der Waals surface area (Å²) in [5.41, 5.74) is 0. The minimum absolute atomic E-state index is 0.569. The van der Waals surface area contributed by atoms with Crippen molar-refractivity contribution in [1.29, 1.82) is 0 Å². The maximum absolute atomic E-state index is 5.00. The van der Waals surface area contributed by atoms with Gasteiger partial charge in [-0.2, -0.15) is 11.8 Å². The van der Waals surface area contributed by atoms with Crippen molar-refractivity contribution in [1.82, 2.24) is 0 Å². The van der Waals surface area contributed by atoms with Gasteiger partial charge in [-0.05, 0) is 0 Å². The Morgan fingerprint density at radius 3 is 3.12 bits per heavy atom. The highest BCUT2D eigenvalue weighted by atomic mass is 32.2. The number of thioether (sulfide) groups is 1. The Hall–Kier alpha value is 0.0500. The van der Waals surface area contributed by atoms with Crippen molar-refractivity contribution < 1.29 is 4.74 Å². The van der Waals surface area contributed by atoms with E-state index in [0.29, 0.717) is 6.10 Å². The second kappa shape index (κ2) is 3.15. The van der Waals surface area contributed by atoms with Crippen molar-refractivity contribution in [3.63, 3.8) is 0 Å². The Balaban J connectivity index is 1.80. The maximum atomic E-state index is 5.00. The van der Waals surface area contributed by atoms with Crippen LogP contribution in [-0.4, -0.2) is 24.2 Å². The Morgan fingerprint density at radius 2 is 2.62 bits per heavy atom. The maximum Gasteiger partial charge on any atom is 0.0900 e. The van der Waals surface area contributed by atoms with E-state index in [4.69, 9.17) is 4.74 Å². The smallest absolute Gasteiger partial charge is 0.0900 e. The number of ether oxygens (including phenoxy) is 1. The van der Waals surface area contributed by atoms with E-state index < -0.39 is 0 Å². The topological polar surface area (TPSA) is 12.5 Å². The zero-order valence-corrected chi connectivity index (χ0v) is 5.62. The van der Waals surface area contributed by atoms with E-state index in [1.54, 1.807) is 0 Å². The molecule has 1 fully saturated rings. The standard InChI is InChI=1S/C6H10OS/c1-2-3-8-5-6-4-7-6/h2,6H,1,3-5H2. The summed E-state index contributed by atoms with van der Waals surface area (Å²) in [6, 6.07) is 0. The van der Waals surface area contributed by atoms with Crippen molar-refractivity contribution in [2.45, 2.75) is 6.10 Å². The first-order valence-electron chi connectivity index (χ1n) is 2.73. The van der Waals surface area contributed by atoms with E-state index in [1.807, 2.05) is 17.8 Å². The molecule has 0 amide bonds. The molecule has 1 saturated heterocycles. The van der Waals surface area contributed by atoms with Crippen molar-refractivity contribution in [3.8, 4) is 0 Å². The summed E-state index contributed by atoms with van der Waals surface area (Å²) in [6.45, 7) is 4.59. The van der Waals surface area contributed by atoms with E-state index in [-0.39, 0.29) is 0 Å². The van der Waals surface area contributed by atoms with Crippen LogP contribution in [0.2, 0.25) is 0 Å². The SMILES string of the molecule is C=CCSCC1CO1. The minimum atomic E-state index is 0.569. The zero-order valence-electron chi connectivity index (χ0n) is 4.80. The van der Waals surface area contributed by atoms with E-state index in [2.05, 4.69) is 6.58 Å². The molecule has 1 unspecified atom stereocenters. The molecule has 2 heteroatoms.